The second kappa shape index (κ2) is 10.4. The predicted molar refractivity (Wildman–Crippen MR) is 36.2 cm³/mol. The van der Waals surface area contributed by atoms with Crippen LogP contribution >= 0.6 is 30.1 Å². The lowest BCUT2D eigenvalue weighted by Gasteiger charge is -1.61. The van der Waals surface area contributed by atoms with Crippen LogP contribution in [-0.2, 0) is 4.74 Å². The Bertz CT molecular complexity index is 24.1. The second-order valence-corrected chi connectivity index (χ2v) is 7.09. The molecule has 0 heterocycles. The molecule has 0 aliphatic rings. The summed E-state index contributed by atoms with van der Waals surface area (Å²) in [5.74, 6) is 0. The molecule has 0 aromatic heterocycles. The smallest absolute Gasteiger partial charge is 0.388 e. The van der Waals surface area contributed by atoms with Crippen LogP contribution in [0.3, 0.4) is 0 Å². The van der Waals surface area contributed by atoms with Crippen LogP contribution in [0.25, 0.3) is 0 Å². The Morgan fingerprint density at radius 2 is 1.14 bits per heavy atom. The van der Waals surface area contributed by atoms with Crippen molar-refractivity contribution in [3.05, 3.63) is 0 Å². The second-order valence-electron chi connectivity index (χ2n) is 0.656. The van der Waals surface area contributed by atoms with Crippen LogP contribution in [0.15, 0.2) is 0 Å². The maximum absolute atomic E-state index is 4.94. The minimum atomic E-state index is -1.72. The van der Waals surface area contributed by atoms with Crippen LogP contribution in [0.4, 0.5) is 0 Å². The van der Waals surface area contributed by atoms with E-state index in [4.69, 9.17) is 30.1 Å². The van der Waals surface area contributed by atoms with Crippen LogP contribution in [0.2, 0.25) is 0 Å². The van der Waals surface area contributed by atoms with Gasteiger partial charge in [0.05, 0.1) is 0 Å². The normalized spacial score (nSPS) is 6.43. The summed E-state index contributed by atoms with van der Waals surface area (Å²) in [6, 6.07) is 0. The fourth-order valence-corrected chi connectivity index (χ4v) is 0. The van der Waals surface area contributed by atoms with E-state index in [1.165, 1.54) is 0 Å². The summed E-state index contributed by atoms with van der Waals surface area (Å²) in [5.41, 5.74) is 0. The highest BCUT2D eigenvalue weighted by atomic mass is 35.8. The summed E-state index contributed by atoms with van der Waals surface area (Å²) >= 11 is -1.72. The molecule has 0 atom stereocenters. The average Bonchev–Trinajstić information content (AvgIpc) is 1.33. The van der Waals surface area contributed by atoms with Crippen LogP contribution in [0.5, 0.6) is 0 Å². The molecule has 0 aliphatic heterocycles. The molecule has 5 heteroatoms. The predicted octanol–water partition coefficient (Wildman–Crippen LogP) is 1.95. The summed E-state index contributed by atoms with van der Waals surface area (Å²) < 4.78 is 4.25. The molecular weight excluding hydrogens is 173 g/mol. The zero-order chi connectivity index (χ0) is 6.28. The molecule has 1 nitrogen and oxygen atoms in total. The Morgan fingerprint density at radius 3 is 1.14 bits per heavy atom. The topological polar surface area (TPSA) is 9.23 Å². The van der Waals surface area contributed by atoms with Gasteiger partial charge in [0.1, 0.15) is 0 Å². The first kappa shape index (κ1) is 11.2. The molecule has 0 aromatic rings. The van der Waals surface area contributed by atoms with E-state index in [9.17, 15) is 0 Å². The van der Waals surface area contributed by atoms with Gasteiger partial charge in [-0.3, -0.25) is 0 Å². The van der Waals surface area contributed by atoms with Gasteiger partial charge in [-0.15, -0.1) is 0 Å². The molecule has 0 unspecified atom stereocenters. The Morgan fingerprint density at radius 1 is 1.14 bits per heavy atom. The highest BCUT2D eigenvalue weighted by Gasteiger charge is 2.00. The van der Waals surface area contributed by atoms with Crippen molar-refractivity contribution in [2.75, 3.05) is 14.2 Å². The van der Waals surface area contributed by atoms with Gasteiger partial charge in [0, 0.05) is 14.2 Å². The number of rotatable bonds is 0. The van der Waals surface area contributed by atoms with Crippen LogP contribution < -0.4 is 0 Å². The van der Waals surface area contributed by atoms with E-state index >= 15 is 0 Å². The average molecular weight is 179 g/mol. The van der Waals surface area contributed by atoms with Gasteiger partial charge >= 0.3 is 11.4 Å². The zero-order valence-electron chi connectivity index (χ0n) is 4.12. The number of hydrogen-bond donors (Lipinski definition) is 0. The Balaban J connectivity index is 0. The third-order valence-corrected chi connectivity index (χ3v) is 0. The van der Waals surface area contributed by atoms with E-state index in [0.717, 1.165) is 0 Å². The molecular formula is C2H6AlCl3O. The number of methoxy groups -OCH3 is 1. The van der Waals surface area contributed by atoms with Crippen molar-refractivity contribution in [2.24, 2.45) is 0 Å². The summed E-state index contributed by atoms with van der Waals surface area (Å²) in [6.45, 7) is 0. The van der Waals surface area contributed by atoms with Gasteiger partial charge in [-0.2, -0.15) is 0 Å². The van der Waals surface area contributed by atoms with Crippen molar-refractivity contribution in [2.45, 2.75) is 0 Å². The SMILES string of the molecule is COC.[Cl][Al]([Cl])[Cl]. The lowest BCUT2D eigenvalue weighted by Crippen LogP contribution is -1.66. The van der Waals surface area contributed by atoms with E-state index in [-0.39, 0.29) is 0 Å². The Kier molecular flexibility index (Phi) is 16.6. The molecule has 0 fully saturated rings. The molecule has 0 aliphatic carbocycles. The molecule has 0 bridgehead atoms. The van der Waals surface area contributed by atoms with Crippen molar-refractivity contribution in [3.8, 4) is 0 Å². The lowest BCUT2D eigenvalue weighted by atomic mass is 11.6. The largest absolute Gasteiger partial charge is 0.643 e. The van der Waals surface area contributed by atoms with Crippen molar-refractivity contribution in [1.82, 2.24) is 0 Å². The first-order chi connectivity index (χ1) is 3.15. The Hall–Kier alpha value is 1.36. The minimum Gasteiger partial charge on any atom is -0.388 e. The molecule has 0 rings (SSSR count). The van der Waals surface area contributed by atoms with E-state index < -0.39 is 11.4 Å². The van der Waals surface area contributed by atoms with Crippen molar-refractivity contribution < 1.29 is 4.74 Å². The molecule has 0 amide bonds. The first-order valence-electron chi connectivity index (χ1n) is 1.47. The van der Waals surface area contributed by atoms with E-state index in [1.807, 2.05) is 0 Å². The molecule has 0 radical (unpaired) electrons. The van der Waals surface area contributed by atoms with Gasteiger partial charge in [-0.1, -0.05) is 0 Å². The maximum atomic E-state index is 4.94. The summed E-state index contributed by atoms with van der Waals surface area (Å²) in [6.07, 6.45) is 0. The third-order valence-electron chi connectivity index (χ3n) is 0. The van der Waals surface area contributed by atoms with Crippen LogP contribution in [0.1, 0.15) is 0 Å². The quantitative estimate of drug-likeness (QED) is 0.517. The molecule has 0 N–H and O–H groups in total. The van der Waals surface area contributed by atoms with E-state index in [0.29, 0.717) is 0 Å². The fourth-order valence-electron chi connectivity index (χ4n) is 0. The van der Waals surface area contributed by atoms with Gasteiger partial charge in [0.15, 0.2) is 0 Å². The van der Waals surface area contributed by atoms with Crippen LogP contribution in [-0.4, -0.2) is 25.6 Å². The molecule has 7 heavy (non-hydrogen) atoms. The molecule has 0 aromatic carbocycles. The number of hydrogen-bond acceptors (Lipinski definition) is 1. The summed E-state index contributed by atoms with van der Waals surface area (Å²) in [7, 11) is 18.1. The van der Waals surface area contributed by atoms with Gasteiger partial charge in [-0.05, 0) is 0 Å². The highest BCUT2D eigenvalue weighted by Crippen LogP contribution is 1.97. The molecule has 0 saturated carbocycles. The van der Waals surface area contributed by atoms with Gasteiger partial charge < -0.3 is 4.74 Å². The van der Waals surface area contributed by atoms with Gasteiger partial charge in [0.25, 0.3) is 0 Å². The maximum Gasteiger partial charge on any atom is 0.643 e. The molecule has 0 spiro atoms. The number of ether oxygens (including phenoxy) is 1. The highest BCUT2D eigenvalue weighted by molar-refractivity contribution is 7.54. The van der Waals surface area contributed by atoms with Crippen molar-refractivity contribution >= 4 is 41.5 Å². The van der Waals surface area contributed by atoms with Gasteiger partial charge in [0.2, 0.25) is 0 Å². The van der Waals surface area contributed by atoms with Crippen molar-refractivity contribution in [3.63, 3.8) is 0 Å². The third kappa shape index (κ3) is 114. The minimum absolute atomic E-state index is 1.62. The molecule has 0 saturated heterocycles. The molecule has 44 valence electrons. The Labute approximate surface area is 60.5 Å². The lowest BCUT2D eigenvalue weighted by molar-refractivity contribution is 0.277. The van der Waals surface area contributed by atoms with Gasteiger partial charge in [-0.25, -0.2) is 30.1 Å². The summed E-state index contributed by atoms with van der Waals surface area (Å²) in [4.78, 5) is 0. The summed E-state index contributed by atoms with van der Waals surface area (Å²) in [5, 5.41) is 0. The van der Waals surface area contributed by atoms with Crippen molar-refractivity contribution in [1.29, 1.82) is 0 Å². The van der Waals surface area contributed by atoms with E-state index in [2.05, 4.69) is 4.74 Å². The fraction of sp³-hybridized carbons (Fsp3) is 1.00. The monoisotopic (exact) mass is 178 g/mol. The van der Waals surface area contributed by atoms with E-state index in [1.54, 1.807) is 14.2 Å². The first-order valence-corrected chi connectivity index (χ1v) is 6.71. The van der Waals surface area contributed by atoms with Crippen LogP contribution in [0, 0.1) is 0 Å². The standard InChI is InChI=1S/C2H6O.Al.3ClH/c1-3-2;;;;/h1-2H3;;3*1H/q;+3;;;/p-3. The zero-order valence-corrected chi connectivity index (χ0v) is 7.54. The number of halogens is 3.